The van der Waals surface area contributed by atoms with Gasteiger partial charge in [-0.2, -0.15) is 0 Å². The van der Waals surface area contributed by atoms with Gasteiger partial charge in [-0.15, -0.1) is 0 Å². The lowest BCUT2D eigenvalue weighted by Crippen LogP contribution is -2.41. The maximum atomic E-state index is 5.81. The van der Waals surface area contributed by atoms with Gasteiger partial charge in [-0.05, 0) is 42.5 Å². The minimum atomic E-state index is 0.528. The van der Waals surface area contributed by atoms with Crippen molar-refractivity contribution < 1.29 is 0 Å². The molecular weight excluding hydrogens is 346 g/mol. The van der Waals surface area contributed by atoms with E-state index in [1.807, 2.05) is 25.4 Å². The van der Waals surface area contributed by atoms with Crippen molar-refractivity contribution >= 4 is 23.2 Å². The highest BCUT2D eigenvalue weighted by atomic mass is 35.5. The quantitative estimate of drug-likeness (QED) is 0.465. The van der Waals surface area contributed by atoms with E-state index < -0.39 is 0 Å². The van der Waals surface area contributed by atoms with E-state index in [-0.39, 0.29) is 0 Å². The number of halogens is 1. The number of guanidine groups is 1. The fraction of sp³-hybridized carbons (Fsp3) is 0.400. The third-order valence-corrected chi connectivity index (χ3v) is 4.91. The summed E-state index contributed by atoms with van der Waals surface area (Å²) in [5, 5.41) is 7.35. The summed E-state index contributed by atoms with van der Waals surface area (Å²) in [5.74, 6) is 1.49. The molecule has 0 radical (unpaired) electrons. The van der Waals surface area contributed by atoms with Crippen molar-refractivity contribution in [3.63, 3.8) is 0 Å². The molecule has 1 fully saturated rings. The maximum absolute atomic E-state index is 5.81. The van der Waals surface area contributed by atoms with Crippen LogP contribution >= 0.6 is 11.6 Å². The third-order valence-electron chi connectivity index (χ3n) is 4.68. The standard InChI is InChI=1S/C20H26ClN5/c1-22-20(23-11-9-16-7-8-19(21)24-13-16)25-14-17-10-12-26(15-17)18-5-3-2-4-6-18/h2-8,13,17H,9-12,14-15H2,1H3,(H2,22,23,25). The van der Waals surface area contributed by atoms with E-state index >= 15 is 0 Å². The molecule has 0 spiro atoms. The van der Waals surface area contributed by atoms with Gasteiger partial charge in [0.25, 0.3) is 0 Å². The molecule has 1 unspecified atom stereocenters. The number of rotatable bonds is 6. The van der Waals surface area contributed by atoms with Gasteiger partial charge >= 0.3 is 0 Å². The van der Waals surface area contributed by atoms with Gasteiger partial charge in [0.15, 0.2) is 5.96 Å². The van der Waals surface area contributed by atoms with Gasteiger partial charge < -0.3 is 15.5 Å². The molecule has 0 saturated carbocycles. The minimum Gasteiger partial charge on any atom is -0.371 e. The zero-order chi connectivity index (χ0) is 18.2. The highest BCUT2D eigenvalue weighted by molar-refractivity contribution is 6.29. The predicted octanol–water partition coefficient (Wildman–Crippen LogP) is 2.97. The Morgan fingerprint density at radius 1 is 1.23 bits per heavy atom. The Morgan fingerprint density at radius 3 is 2.81 bits per heavy atom. The van der Waals surface area contributed by atoms with Crippen LogP contribution in [-0.2, 0) is 6.42 Å². The van der Waals surface area contributed by atoms with Crippen LogP contribution in [0.25, 0.3) is 0 Å². The van der Waals surface area contributed by atoms with Crippen LogP contribution in [0.15, 0.2) is 53.7 Å². The summed E-state index contributed by atoms with van der Waals surface area (Å²) in [7, 11) is 1.81. The van der Waals surface area contributed by atoms with Crippen molar-refractivity contribution in [2.75, 3.05) is 38.1 Å². The molecule has 2 heterocycles. The number of anilines is 1. The number of hydrogen-bond acceptors (Lipinski definition) is 3. The van der Waals surface area contributed by atoms with Crippen molar-refractivity contribution in [3.05, 3.63) is 59.4 Å². The maximum Gasteiger partial charge on any atom is 0.190 e. The van der Waals surface area contributed by atoms with Gasteiger partial charge in [0.2, 0.25) is 0 Å². The van der Waals surface area contributed by atoms with Gasteiger partial charge in [0.1, 0.15) is 5.15 Å². The Labute approximate surface area is 160 Å². The summed E-state index contributed by atoms with van der Waals surface area (Å²) >= 11 is 5.81. The smallest absolute Gasteiger partial charge is 0.190 e. The van der Waals surface area contributed by atoms with Crippen LogP contribution in [0.1, 0.15) is 12.0 Å². The summed E-state index contributed by atoms with van der Waals surface area (Å²) in [6, 6.07) is 14.5. The molecule has 3 rings (SSSR count). The fourth-order valence-corrected chi connectivity index (χ4v) is 3.33. The molecule has 1 aromatic heterocycles. The molecule has 1 atom stereocenters. The Bertz CT molecular complexity index is 702. The SMILES string of the molecule is CN=C(NCCc1ccc(Cl)nc1)NCC1CCN(c2ccccc2)C1. The molecule has 138 valence electrons. The van der Waals surface area contributed by atoms with Gasteiger partial charge in [-0.25, -0.2) is 4.98 Å². The molecule has 0 bridgehead atoms. The van der Waals surface area contributed by atoms with Crippen molar-refractivity contribution in [1.82, 2.24) is 15.6 Å². The first-order valence-electron chi connectivity index (χ1n) is 9.09. The average Bonchev–Trinajstić information content (AvgIpc) is 3.16. The van der Waals surface area contributed by atoms with Gasteiger partial charge in [0.05, 0.1) is 0 Å². The van der Waals surface area contributed by atoms with Crippen LogP contribution in [-0.4, -0.2) is 44.2 Å². The molecule has 0 aliphatic carbocycles. The molecule has 2 N–H and O–H groups in total. The lowest BCUT2D eigenvalue weighted by Gasteiger charge is -2.19. The van der Waals surface area contributed by atoms with Crippen LogP contribution < -0.4 is 15.5 Å². The van der Waals surface area contributed by atoms with Crippen LogP contribution in [0.4, 0.5) is 5.69 Å². The first-order valence-corrected chi connectivity index (χ1v) is 9.47. The normalized spacial score (nSPS) is 17.4. The van der Waals surface area contributed by atoms with E-state index in [0.29, 0.717) is 11.1 Å². The Morgan fingerprint density at radius 2 is 2.08 bits per heavy atom. The number of aliphatic imine (C=N–C) groups is 1. The van der Waals surface area contributed by atoms with E-state index in [0.717, 1.165) is 44.1 Å². The Hall–Kier alpha value is -2.27. The molecule has 2 aromatic rings. The summed E-state index contributed by atoms with van der Waals surface area (Å²) in [6.45, 7) is 3.95. The molecule has 1 saturated heterocycles. The second-order valence-corrected chi connectivity index (χ2v) is 6.94. The first-order chi connectivity index (χ1) is 12.7. The van der Waals surface area contributed by atoms with Crippen LogP contribution in [0.2, 0.25) is 5.15 Å². The third kappa shape index (κ3) is 5.36. The van der Waals surface area contributed by atoms with Gasteiger partial charge in [0, 0.05) is 45.1 Å². The summed E-state index contributed by atoms with van der Waals surface area (Å²) < 4.78 is 0. The second kappa shape index (κ2) is 9.43. The van der Waals surface area contributed by atoms with Crippen molar-refractivity contribution in [2.24, 2.45) is 10.9 Å². The first kappa shape index (κ1) is 18.5. The van der Waals surface area contributed by atoms with E-state index in [1.54, 1.807) is 0 Å². The van der Waals surface area contributed by atoms with E-state index in [2.05, 4.69) is 55.8 Å². The molecule has 6 heteroatoms. The number of hydrogen-bond donors (Lipinski definition) is 2. The molecule has 5 nitrogen and oxygen atoms in total. The number of pyridine rings is 1. The van der Waals surface area contributed by atoms with Crippen LogP contribution in [0.5, 0.6) is 0 Å². The topological polar surface area (TPSA) is 52.6 Å². The van der Waals surface area contributed by atoms with Crippen LogP contribution in [0.3, 0.4) is 0 Å². The minimum absolute atomic E-state index is 0.528. The zero-order valence-corrected chi connectivity index (χ0v) is 15.9. The highest BCUT2D eigenvalue weighted by Crippen LogP contribution is 2.22. The molecule has 1 aromatic carbocycles. The Balaban J connectivity index is 1.38. The van der Waals surface area contributed by atoms with E-state index in [1.165, 1.54) is 12.1 Å². The number of aromatic nitrogens is 1. The average molecular weight is 372 g/mol. The molecule has 1 aliphatic rings. The molecule has 0 amide bonds. The van der Waals surface area contributed by atoms with Crippen molar-refractivity contribution in [1.29, 1.82) is 0 Å². The lowest BCUT2D eigenvalue weighted by molar-refractivity contribution is 0.566. The Kier molecular flexibility index (Phi) is 6.72. The second-order valence-electron chi connectivity index (χ2n) is 6.56. The molecular formula is C20H26ClN5. The highest BCUT2D eigenvalue weighted by Gasteiger charge is 2.22. The van der Waals surface area contributed by atoms with E-state index in [4.69, 9.17) is 11.6 Å². The van der Waals surface area contributed by atoms with E-state index in [9.17, 15) is 0 Å². The monoisotopic (exact) mass is 371 g/mol. The number of benzene rings is 1. The van der Waals surface area contributed by atoms with Gasteiger partial charge in [-0.1, -0.05) is 35.9 Å². The summed E-state index contributed by atoms with van der Waals surface area (Å²) in [6.07, 6.45) is 3.91. The van der Waals surface area contributed by atoms with Crippen molar-refractivity contribution in [2.45, 2.75) is 12.8 Å². The molecule has 26 heavy (non-hydrogen) atoms. The van der Waals surface area contributed by atoms with Crippen molar-refractivity contribution in [3.8, 4) is 0 Å². The number of para-hydroxylation sites is 1. The van der Waals surface area contributed by atoms with Crippen LogP contribution in [0, 0.1) is 5.92 Å². The fourth-order valence-electron chi connectivity index (χ4n) is 3.21. The summed E-state index contributed by atoms with van der Waals surface area (Å²) in [4.78, 5) is 10.9. The van der Waals surface area contributed by atoms with Gasteiger partial charge in [-0.3, -0.25) is 4.99 Å². The number of nitrogens with one attached hydrogen (secondary N) is 2. The summed E-state index contributed by atoms with van der Waals surface area (Å²) in [5.41, 5.74) is 2.47. The molecule has 1 aliphatic heterocycles. The zero-order valence-electron chi connectivity index (χ0n) is 15.2. The lowest BCUT2D eigenvalue weighted by atomic mass is 10.1. The number of nitrogens with zero attached hydrogens (tertiary/aromatic N) is 3. The largest absolute Gasteiger partial charge is 0.371 e. The predicted molar refractivity (Wildman–Crippen MR) is 109 cm³/mol.